The number of halogens is 3. The van der Waals surface area contributed by atoms with Gasteiger partial charge in [-0.05, 0) is 37.5 Å². The SMILES string of the molecule is CCCCc1nc(C)n(-c2ncc(OC(F)F)cn2)c(=O)c1Cc1ccc(Br)cc1. The number of aryl methyl sites for hydroxylation is 2. The molecular formula is C21H21BrF2N4O2. The summed E-state index contributed by atoms with van der Waals surface area (Å²) in [6, 6.07) is 7.74. The first kappa shape index (κ1) is 22.0. The zero-order valence-electron chi connectivity index (χ0n) is 16.6. The summed E-state index contributed by atoms with van der Waals surface area (Å²) in [5.41, 5.74) is 2.05. The summed E-state index contributed by atoms with van der Waals surface area (Å²) in [5.74, 6) is 0.320. The van der Waals surface area contributed by atoms with E-state index in [1.165, 1.54) is 4.57 Å². The van der Waals surface area contributed by atoms with E-state index in [1.54, 1.807) is 6.92 Å². The molecule has 0 unspecified atom stereocenters. The maximum absolute atomic E-state index is 13.4. The number of aromatic nitrogens is 4. The van der Waals surface area contributed by atoms with Crippen LogP contribution >= 0.6 is 15.9 Å². The first-order chi connectivity index (χ1) is 14.4. The highest BCUT2D eigenvalue weighted by Crippen LogP contribution is 2.17. The molecule has 158 valence electrons. The lowest BCUT2D eigenvalue weighted by Crippen LogP contribution is -2.29. The van der Waals surface area contributed by atoms with Gasteiger partial charge in [-0.15, -0.1) is 0 Å². The molecule has 0 aliphatic rings. The Morgan fingerprint density at radius 3 is 2.43 bits per heavy atom. The van der Waals surface area contributed by atoms with E-state index < -0.39 is 6.61 Å². The number of hydrogen-bond donors (Lipinski definition) is 0. The van der Waals surface area contributed by atoms with Crippen LogP contribution in [0.4, 0.5) is 8.78 Å². The van der Waals surface area contributed by atoms with Crippen molar-refractivity contribution in [3.63, 3.8) is 0 Å². The highest BCUT2D eigenvalue weighted by atomic mass is 79.9. The van der Waals surface area contributed by atoms with Crippen molar-refractivity contribution in [1.82, 2.24) is 19.5 Å². The topological polar surface area (TPSA) is 69.9 Å². The lowest BCUT2D eigenvalue weighted by molar-refractivity contribution is -0.0503. The molecule has 0 N–H and O–H groups in total. The third-order valence-electron chi connectivity index (χ3n) is 4.53. The Labute approximate surface area is 181 Å². The van der Waals surface area contributed by atoms with Gasteiger partial charge in [0.05, 0.1) is 18.1 Å². The fourth-order valence-corrected chi connectivity index (χ4v) is 3.34. The summed E-state index contributed by atoms with van der Waals surface area (Å²) in [6.45, 7) is 0.813. The van der Waals surface area contributed by atoms with E-state index in [4.69, 9.17) is 0 Å². The molecule has 3 rings (SSSR count). The smallest absolute Gasteiger partial charge is 0.387 e. The minimum Gasteiger partial charge on any atom is -0.432 e. The Hall–Kier alpha value is -2.68. The Bertz CT molecular complexity index is 1050. The van der Waals surface area contributed by atoms with E-state index in [0.717, 1.165) is 41.0 Å². The highest BCUT2D eigenvalue weighted by Gasteiger charge is 2.18. The summed E-state index contributed by atoms with van der Waals surface area (Å²) in [6.07, 6.45) is 5.24. The quantitative estimate of drug-likeness (QED) is 0.472. The molecule has 2 aromatic heterocycles. The average molecular weight is 479 g/mol. The van der Waals surface area contributed by atoms with Crippen LogP contribution in [0.25, 0.3) is 5.95 Å². The highest BCUT2D eigenvalue weighted by molar-refractivity contribution is 9.10. The zero-order chi connectivity index (χ0) is 21.7. The van der Waals surface area contributed by atoms with E-state index >= 15 is 0 Å². The van der Waals surface area contributed by atoms with Gasteiger partial charge in [0.2, 0.25) is 5.95 Å². The Balaban J connectivity index is 2.05. The molecule has 0 saturated carbocycles. The first-order valence-corrected chi connectivity index (χ1v) is 10.3. The van der Waals surface area contributed by atoms with Crippen LogP contribution < -0.4 is 10.3 Å². The lowest BCUT2D eigenvalue weighted by atomic mass is 10.0. The minimum atomic E-state index is -2.97. The van der Waals surface area contributed by atoms with Crippen molar-refractivity contribution < 1.29 is 13.5 Å². The molecule has 0 bridgehead atoms. The van der Waals surface area contributed by atoms with E-state index in [9.17, 15) is 13.6 Å². The van der Waals surface area contributed by atoms with Crippen LogP contribution in [0.15, 0.2) is 45.9 Å². The third-order valence-corrected chi connectivity index (χ3v) is 5.06. The number of rotatable bonds is 8. The van der Waals surface area contributed by atoms with Gasteiger partial charge in [0.1, 0.15) is 5.82 Å². The van der Waals surface area contributed by atoms with Crippen LogP contribution in [0.1, 0.15) is 42.4 Å². The normalized spacial score (nSPS) is 11.1. The summed E-state index contributed by atoms with van der Waals surface area (Å²) >= 11 is 3.41. The predicted octanol–water partition coefficient (Wildman–Crippen LogP) is 4.63. The lowest BCUT2D eigenvalue weighted by Gasteiger charge is -2.14. The average Bonchev–Trinajstić information content (AvgIpc) is 2.71. The van der Waals surface area contributed by atoms with E-state index in [2.05, 4.69) is 42.5 Å². The summed E-state index contributed by atoms with van der Waals surface area (Å²) in [5, 5.41) is 0. The molecule has 0 fully saturated rings. The molecule has 0 amide bonds. The summed E-state index contributed by atoms with van der Waals surface area (Å²) in [4.78, 5) is 26.1. The van der Waals surface area contributed by atoms with Gasteiger partial charge < -0.3 is 4.74 Å². The number of benzene rings is 1. The maximum Gasteiger partial charge on any atom is 0.387 e. The van der Waals surface area contributed by atoms with Gasteiger partial charge in [0, 0.05) is 16.5 Å². The van der Waals surface area contributed by atoms with Crippen LogP contribution in [0.5, 0.6) is 5.75 Å². The van der Waals surface area contributed by atoms with Crippen LogP contribution in [-0.2, 0) is 12.8 Å². The monoisotopic (exact) mass is 478 g/mol. The second kappa shape index (κ2) is 9.88. The van der Waals surface area contributed by atoms with Gasteiger partial charge in [0.15, 0.2) is 5.75 Å². The molecule has 0 aliphatic heterocycles. The van der Waals surface area contributed by atoms with Crippen molar-refractivity contribution in [3.8, 4) is 11.7 Å². The largest absolute Gasteiger partial charge is 0.432 e. The number of unbranched alkanes of at least 4 members (excludes halogenated alkanes) is 1. The van der Waals surface area contributed by atoms with Crippen molar-refractivity contribution in [3.05, 3.63) is 74.1 Å². The predicted molar refractivity (Wildman–Crippen MR) is 112 cm³/mol. The van der Waals surface area contributed by atoms with Gasteiger partial charge in [-0.1, -0.05) is 41.4 Å². The van der Waals surface area contributed by atoms with Crippen LogP contribution in [-0.4, -0.2) is 26.1 Å². The van der Waals surface area contributed by atoms with Crippen molar-refractivity contribution in [1.29, 1.82) is 0 Å². The van der Waals surface area contributed by atoms with Crippen molar-refractivity contribution >= 4 is 15.9 Å². The van der Waals surface area contributed by atoms with Crippen molar-refractivity contribution in [2.45, 2.75) is 46.1 Å². The molecular weight excluding hydrogens is 458 g/mol. The number of ether oxygens (including phenoxy) is 1. The zero-order valence-corrected chi connectivity index (χ0v) is 18.2. The third kappa shape index (κ3) is 5.27. The molecule has 3 aromatic rings. The second-order valence-corrected chi connectivity index (χ2v) is 7.64. The molecule has 2 heterocycles. The fraction of sp³-hybridized carbons (Fsp3) is 0.333. The number of hydrogen-bond acceptors (Lipinski definition) is 5. The molecule has 30 heavy (non-hydrogen) atoms. The van der Waals surface area contributed by atoms with Gasteiger partial charge in [-0.25, -0.2) is 19.5 Å². The van der Waals surface area contributed by atoms with Gasteiger partial charge in [0.25, 0.3) is 5.56 Å². The maximum atomic E-state index is 13.4. The first-order valence-electron chi connectivity index (χ1n) is 9.52. The molecule has 0 radical (unpaired) electrons. The van der Waals surface area contributed by atoms with Crippen LogP contribution in [0.2, 0.25) is 0 Å². The van der Waals surface area contributed by atoms with Gasteiger partial charge in [-0.3, -0.25) is 4.79 Å². The van der Waals surface area contributed by atoms with Crippen LogP contribution in [0.3, 0.4) is 0 Å². The second-order valence-electron chi connectivity index (χ2n) is 6.73. The minimum absolute atomic E-state index is 0.0608. The molecule has 0 aliphatic carbocycles. The molecule has 9 heteroatoms. The number of nitrogens with zero attached hydrogens (tertiary/aromatic N) is 4. The fourth-order valence-electron chi connectivity index (χ4n) is 3.08. The Morgan fingerprint density at radius 2 is 1.83 bits per heavy atom. The van der Waals surface area contributed by atoms with Crippen molar-refractivity contribution in [2.75, 3.05) is 0 Å². The summed E-state index contributed by atoms with van der Waals surface area (Å²) in [7, 11) is 0. The Kier molecular flexibility index (Phi) is 7.25. The van der Waals surface area contributed by atoms with E-state index in [1.807, 2.05) is 24.3 Å². The van der Waals surface area contributed by atoms with Crippen LogP contribution in [0, 0.1) is 6.92 Å². The van der Waals surface area contributed by atoms with Gasteiger partial charge >= 0.3 is 6.61 Å². The molecule has 0 atom stereocenters. The van der Waals surface area contributed by atoms with Crippen molar-refractivity contribution in [2.24, 2.45) is 0 Å². The number of alkyl halides is 2. The summed E-state index contributed by atoms with van der Waals surface area (Å²) < 4.78 is 31.2. The molecule has 6 nitrogen and oxygen atoms in total. The molecule has 0 saturated heterocycles. The van der Waals surface area contributed by atoms with Gasteiger partial charge in [-0.2, -0.15) is 8.78 Å². The Morgan fingerprint density at radius 1 is 1.17 bits per heavy atom. The van der Waals surface area contributed by atoms with E-state index in [-0.39, 0.29) is 17.3 Å². The molecule has 0 spiro atoms. The standard InChI is InChI=1S/C21H21BrF2N4O2/c1-3-4-5-18-17(10-14-6-8-15(22)9-7-14)19(29)28(13(2)27-18)21-25-11-16(12-26-21)30-20(23)24/h6-9,11-12,20H,3-5,10H2,1-2H3. The molecule has 1 aromatic carbocycles. The van der Waals surface area contributed by atoms with E-state index in [0.29, 0.717) is 24.2 Å².